The van der Waals surface area contributed by atoms with E-state index in [4.69, 9.17) is 4.42 Å². The molecule has 1 saturated heterocycles. The molecule has 1 aliphatic heterocycles. The maximum atomic E-state index is 9.63. The zero-order valence-electron chi connectivity index (χ0n) is 10.6. The van der Waals surface area contributed by atoms with Gasteiger partial charge in [-0.1, -0.05) is 6.92 Å². The Balaban J connectivity index is 1.90. The third kappa shape index (κ3) is 3.26. The molecule has 2 atom stereocenters. The smallest absolute Gasteiger partial charge is 0.230 e. The second kappa shape index (κ2) is 5.60. The van der Waals surface area contributed by atoms with Gasteiger partial charge in [-0.25, -0.2) is 0 Å². The van der Waals surface area contributed by atoms with Crippen LogP contribution in [-0.4, -0.2) is 39.4 Å². The highest BCUT2D eigenvalue weighted by Gasteiger charge is 2.24. The Morgan fingerprint density at radius 2 is 2.24 bits per heavy atom. The first-order valence-corrected chi connectivity index (χ1v) is 6.40. The topological polar surface area (TPSA) is 62.4 Å². The lowest BCUT2D eigenvalue weighted by molar-refractivity contribution is 0.0563. The summed E-state index contributed by atoms with van der Waals surface area (Å²) in [7, 11) is 0. The highest BCUT2D eigenvalue weighted by Crippen LogP contribution is 2.20. The van der Waals surface area contributed by atoms with E-state index in [1.165, 1.54) is 0 Å². The van der Waals surface area contributed by atoms with Crippen LogP contribution in [0.3, 0.4) is 0 Å². The second-order valence-electron chi connectivity index (χ2n) is 4.82. The van der Waals surface area contributed by atoms with Crippen molar-refractivity contribution in [2.45, 2.75) is 45.8 Å². The van der Waals surface area contributed by atoms with Crippen molar-refractivity contribution in [3.05, 3.63) is 11.8 Å². The highest BCUT2D eigenvalue weighted by atomic mass is 16.4. The summed E-state index contributed by atoms with van der Waals surface area (Å²) in [4.78, 5) is 2.29. The van der Waals surface area contributed by atoms with Crippen LogP contribution in [0.1, 0.15) is 38.5 Å². The van der Waals surface area contributed by atoms with Gasteiger partial charge in [-0.15, -0.1) is 10.2 Å². The predicted molar refractivity (Wildman–Crippen MR) is 63.4 cm³/mol. The van der Waals surface area contributed by atoms with Gasteiger partial charge in [0.15, 0.2) is 0 Å². The van der Waals surface area contributed by atoms with Crippen molar-refractivity contribution in [3.63, 3.8) is 0 Å². The Labute approximate surface area is 102 Å². The number of rotatable bonds is 4. The molecule has 5 nitrogen and oxygen atoms in total. The summed E-state index contributed by atoms with van der Waals surface area (Å²) in [6, 6.07) is 0. The van der Waals surface area contributed by atoms with E-state index in [-0.39, 0.29) is 6.10 Å². The van der Waals surface area contributed by atoms with Gasteiger partial charge in [0.25, 0.3) is 0 Å². The minimum absolute atomic E-state index is 0.230. The second-order valence-corrected chi connectivity index (χ2v) is 4.82. The molecule has 17 heavy (non-hydrogen) atoms. The number of hydrogen-bond acceptors (Lipinski definition) is 5. The number of aliphatic hydroxyl groups is 1. The van der Waals surface area contributed by atoms with E-state index in [2.05, 4.69) is 15.1 Å². The number of nitrogens with zero attached hydrogens (tertiary/aromatic N) is 3. The van der Waals surface area contributed by atoms with E-state index >= 15 is 0 Å². The fourth-order valence-corrected chi connectivity index (χ4v) is 2.32. The van der Waals surface area contributed by atoms with Crippen molar-refractivity contribution in [1.29, 1.82) is 0 Å². The molecule has 0 bridgehead atoms. The molecule has 0 radical (unpaired) electrons. The van der Waals surface area contributed by atoms with Crippen LogP contribution in [0.5, 0.6) is 0 Å². The lowest BCUT2D eigenvalue weighted by atomic mass is 9.93. The van der Waals surface area contributed by atoms with Crippen molar-refractivity contribution in [2.75, 3.05) is 13.1 Å². The summed E-state index contributed by atoms with van der Waals surface area (Å²) in [5.41, 5.74) is 0. The molecule has 1 aromatic heterocycles. The van der Waals surface area contributed by atoms with Crippen LogP contribution in [0.4, 0.5) is 0 Å². The Morgan fingerprint density at radius 1 is 1.47 bits per heavy atom. The van der Waals surface area contributed by atoms with E-state index in [0.29, 0.717) is 24.2 Å². The van der Waals surface area contributed by atoms with Gasteiger partial charge in [0, 0.05) is 13.0 Å². The Morgan fingerprint density at radius 3 is 2.88 bits per heavy atom. The molecule has 1 aromatic rings. The molecule has 0 aliphatic carbocycles. The van der Waals surface area contributed by atoms with Crippen LogP contribution in [0.2, 0.25) is 0 Å². The molecule has 2 unspecified atom stereocenters. The number of likely N-dealkylation sites (tertiary alicyclic amines) is 1. The van der Waals surface area contributed by atoms with Gasteiger partial charge < -0.3 is 9.52 Å². The third-order valence-corrected chi connectivity index (χ3v) is 3.39. The molecule has 5 heteroatoms. The number of aromatic nitrogens is 2. The number of aliphatic hydroxyl groups excluding tert-OH is 1. The number of hydrogen-bond donors (Lipinski definition) is 1. The minimum Gasteiger partial charge on any atom is -0.424 e. The van der Waals surface area contributed by atoms with Gasteiger partial charge in [-0.3, -0.25) is 4.90 Å². The fraction of sp³-hybridized carbons (Fsp3) is 0.833. The molecule has 0 amide bonds. The van der Waals surface area contributed by atoms with Crippen LogP contribution in [0.25, 0.3) is 0 Å². The summed E-state index contributed by atoms with van der Waals surface area (Å²) in [6.07, 6.45) is 2.79. The first-order valence-electron chi connectivity index (χ1n) is 6.40. The van der Waals surface area contributed by atoms with E-state index in [0.717, 1.165) is 32.4 Å². The average Bonchev–Trinajstić information content (AvgIpc) is 2.77. The number of aryl methyl sites for hydroxylation is 1. The van der Waals surface area contributed by atoms with Crippen molar-refractivity contribution in [2.24, 2.45) is 5.92 Å². The minimum atomic E-state index is -0.230. The molecule has 0 aromatic carbocycles. The maximum Gasteiger partial charge on any atom is 0.230 e. The molecule has 1 N–H and O–H groups in total. The van der Waals surface area contributed by atoms with Gasteiger partial charge in [0.05, 0.1) is 12.6 Å². The van der Waals surface area contributed by atoms with Gasteiger partial charge in [0.1, 0.15) is 0 Å². The molecule has 2 rings (SSSR count). The fourth-order valence-electron chi connectivity index (χ4n) is 2.32. The Hall–Kier alpha value is -0.940. The van der Waals surface area contributed by atoms with Crippen LogP contribution >= 0.6 is 0 Å². The molecule has 1 fully saturated rings. The standard InChI is InChI=1S/C12H21N3O2/c1-3-11-13-14-12(17-11)8-15-6-4-5-10(7-15)9(2)16/h9-10,16H,3-8H2,1-2H3. The molecular weight excluding hydrogens is 218 g/mol. The van der Waals surface area contributed by atoms with Crippen molar-refractivity contribution in [1.82, 2.24) is 15.1 Å². The molecule has 96 valence electrons. The van der Waals surface area contributed by atoms with Crippen LogP contribution in [0.15, 0.2) is 4.42 Å². The quantitative estimate of drug-likeness (QED) is 0.856. The van der Waals surface area contributed by atoms with E-state index < -0.39 is 0 Å². The lowest BCUT2D eigenvalue weighted by Crippen LogP contribution is -2.39. The first kappa shape index (κ1) is 12.5. The molecular formula is C12H21N3O2. The van der Waals surface area contributed by atoms with Crippen molar-refractivity contribution < 1.29 is 9.52 Å². The normalized spacial score (nSPS) is 23.8. The summed E-state index contributed by atoms with van der Waals surface area (Å²) in [6.45, 7) is 6.54. The lowest BCUT2D eigenvalue weighted by Gasteiger charge is -2.33. The van der Waals surface area contributed by atoms with Gasteiger partial charge in [-0.2, -0.15) is 0 Å². The zero-order chi connectivity index (χ0) is 12.3. The Kier molecular flexibility index (Phi) is 4.12. The van der Waals surface area contributed by atoms with Crippen LogP contribution in [-0.2, 0) is 13.0 Å². The summed E-state index contributed by atoms with van der Waals surface area (Å²) >= 11 is 0. The molecule has 2 heterocycles. The van der Waals surface area contributed by atoms with Crippen LogP contribution < -0.4 is 0 Å². The predicted octanol–water partition coefficient (Wildman–Crippen LogP) is 1.22. The van der Waals surface area contributed by atoms with E-state index in [9.17, 15) is 5.11 Å². The molecule has 0 spiro atoms. The number of piperidine rings is 1. The third-order valence-electron chi connectivity index (χ3n) is 3.39. The van der Waals surface area contributed by atoms with E-state index in [1.54, 1.807) is 0 Å². The van der Waals surface area contributed by atoms with Crippen molar-refractivity contribution in [3.8, 4) is 0 Å². The average molecular weight is 239 g/mol. The van der Waals surface area contributed by atoms with Crippen LogP contribution in [0, 0.1) is 5.92 Å². The summed E-state index contributed by atoms with van der Waals surface area (Å²) < 4.78 is 5.50. The zero-order valence-corrected chi connectivity index (χ0v) is 10.6. The van der Waals surface area contributed by atoms with Gasteiger partial charge >= 0.3 is 0 Å². The SMILES string of the molecule is CCc1nnc(CN2CCCC(C(C)O)C2)o1. The molecule has 0 saturated carbocycles. The van der Waals surface area contributed by atoms with E-state index in [1.807, 2.05) is 13.8 Å². The van der Waals surface area contributed by atoms with Gasteiger partial charge in [0.2, 0.25) is 11.8 Å². The molecule has 1 aliphatic rings. The Bertz CT molecular complexity index is 351. The van der Waals surface area contributed by atoms with Gasteiger partial charge in [-0.05, 0) is 32.2 Å². The summed E-state index contributed by atoms with van der Waals surface area (Å²) in [5.74, 6) is 1.76. The monoisotopic (exact) mass is 239 g/mol. The summed E-state index contributed by atoms with van der Waals surface area (Å²) in [5, 5.41) is 17.6. The maximum absolute atomic E-state index is 9.63. The first-order chi connectivity index (χ1) is 8.19. The van der Waals surface area contributed by atoms with Crippen molar-refractivity contribution >= 4 is 0 Å². The largest absolute Gasteiger partial charge is 0.424 e. The highest BCUT2D eigenvalue weighted by molar-refractivity contribution is 4.84.